The first-order chi connectivity index (χ1) is 15.9. The topological polar surface area (TPSA) is 103 Å². The van der Waals surface area contributed by atoms with Gasteiger partial charge in [0.05, 0.1) is 21.9 Å². The van der Waals surface area contributed by atoms with Crippen LogP contribution < -0.4 is 5.32 Å². The molecule has 33 heavy (non-hydrogen) atoms. The van der Waals surface area contributed by atoms with Crippen LogP contribution in [0.5, 0.6) is 0 Å². The molecule has 0 unspecified atom stereocenters. The van der Waals surface area contributed by atoms with Crippen LogP contribution in [-0.4, -0.2) is 31.3 Å². The maximum absolute atomic E-state index is 14.5. The first kappa shape index (κ1) is 22.2. The highest BCUT2D eigenvalue weighted by atomic mass is 32.2. The normalized spacial score (nSPS) is 10.7. The number of nitrogens with one attached hydrogen (secondary N) is 1. The molecule has 0 spiro atoms. The smallest absolute Gasteiger partial charge is 0.271 e. The Morgan fingerprint density at radius 3 is 2.55 bits per heavy atom. The molecule has 0 aliphatic heterocycles. The first-order valence-electron chi connectivity index (χ1n) is 9.87. The Morgan fingerprint density at radius 1 is 1.09 bits per heavy atom. The molecule has 4 aromatic rings. The van der Waals surface area contributed by atoms with Crippen LogP contribution in [0.25, 0.3) is 17.1 Å². The monoisotopic (exact) mass is 463 g/mol. The lowest BCUT2D eigenvalue weighted by molar-refractivity contribution is -0.384. The molecular weight excluding hydrogens is 445 g/mol. The number of nitro benzene ring substituents is 1. The van der Waals surface area contributed by atoms with Crippen molar-refractivity contribution in [2.45, 2.75) is 12.1 Å². The predicted octanol–water partition coefficient (Wildman–Crippen LogP) is 5.02. The summed E-state index contributed by atoms with van der Waals surface area (Å²) in [7, 11) is 0. The molecule has 1 aromatic heterocycles. The number of aryl methyl sites for hydroxylation is 1. The molecule has 1 heterocycles. The van der Waals surface area contributed by atoms with E-state index in [1.165, 1.54) is 18.2 Å². The average Bonchev–Trinajstić information content (AvgIpc) is 3.23. The van der Waals surface area contributed by atoms with Gasteiger partial charge in [-0.05, 0) is 36.8 Å². The van der Waals surface area contributed by atoms with Crippen molar-refractivity contribution < 1.29 is 14.1 Å². The van der Waals surface area contributed by atoms with E-state index in [2.05, 4.69) is 15.5 Å². The number of benzene rings is 3. The lowest BCUT2D eigenvalue weighted by Gasteiger charge is -2.11. The van der Waals surface area contributed by atoms with Gasteiger partial charge in [0.1, 0.15) is 5.82 Å². The zero-order valence-corrected chi connectivity index (χ0v) is 18.3. The second-order valence-corrected chi connectivity index (χ2v) is 7.99. The Morgan fingerprint density at radius 2 is 1.82 bits per heavy atom. The van der Waals surface area contributed by atoms with E-state index in [-0.39, 0.29) is 22.9 Å². The van der Waals surface area contributed by atoms with E-state index in [1.807, 2.05) is 30.3 Å². The van der Waals surface area contributed by atoms with Gasteiger partial charge in [-0.3, -0.25) is 19.5 Å². The van der Waals surface area contributed by atoms with Crippen LogP contribution in [-0.2, 0) is 4.79 Å². The molecule has 0 saturated heterocycles. The van der Waals surface area contributed by atoms with Crippen LogP contribution in [0, 0.1) is 22.9 Å². The summed E-state index contributed by atoms with van der Waals surface area (Å²) in [6.07, 6.45) is 0. The Bertz CT molecular complexity index is 1330. The number of aromatic nitrogens is 3. The second kappa shape index (κ2) is 9.61. The zero-order chi connectivity index (χ0) is 23.4. The van der Waals surface area contributed by atoms with Crippen molar-refractivity contribution >= 4 is 29.0 Å². The molecule has 0 aliphatic rings. The molecule has 4 rings (SSSR count). The number of non-ortho nitro benzene ring substituents is 1. The lowest BCUT2D eigenvalue weighted by atomic mass is 10.2. The van der Waals surface area contributed by atoms with E-state index in [4.69, 9.17) is 0 Å². The van der Waals surface area contributed by atoms with Crippen molar-refractivity contribution in [1.29, 1.82) is 0 Å². The van der Waals surface area contributed by atoms with E-state index < -0.39 is 10.7 Å². The van der Waals surface area contributed by atoms with Gasteiger partial charge in [0.2, 0.25) is 5.91 Å². The van der Waals surface area contributed by atoms with Gasteiger partial charge in [-0.1, -0.05) is 48.2 Å². The van der Waals surface area contributed by atoms with Gasteiger partial charge in [0.25, 0.3) is 5.69 Å². The fourth-order valence-corrected chi connectivity index (χ4v) is 3.92. The third-order valence-corrected chi connectivity index (χ3v) is 5.73. The molecule has 0 saturated carbocycles. The summed E-state index contributed by atoms with van der Waals surface area (Å²) in [6, 6.07) is 19.8. The zero-order valence-electron chi connectivity index (χ0n) is 17.4. The quantitative estimate of drug-likeness (QED) is 0.234. The number of carbonyl (C=O) groups is 1. The largest absolute Gasteiger partial charge is 0.325 e. The van der Waals surface area contributed by atoms with Gasteiger partial charge < -0.3 is 5.32 Å². The van der Waals surface area contributed by atoms with Crippen LogP contribution in [0.15, 0.2) is 78.0 Å². The van der Waals surface area contributed by atoms with E-state index in [0.717, 1.165) is 17.4 Å². The van der Waals surface area contributed by atoms with Crippen LogP contribution in [0.4, 0.5) is 15.8 Å². The number of para-hydroxylation sites is 1. The van der Waals surface area contributed by atoms with Crippen molar-refractivity contribution in [2.24, 2.45) is 0 Å². The number of nitrogens with zero attached hydrogens (tertiary/aromatic N) is 4. The number of carbonyl (C=O) groups excluding carboxylic acids is 1. The number of rotatable bonds is 7. The predicted molar refractivity (Wildman–Crippen MR) is 124 cm³/mol. The number of halogens is 1. The summed E-state index contributed by atoms with van der Waals surface area (Å²) < 4.78 is 16.2. The van der Waals surface area contributed by atoms with Gasteiger partial charge >= 0.3 is 0 Å². The third-order valence-electron chi connectivity index (χ3n) is 4.80. The fraction of sp³-hybridized carbons (Fsp3) is 0.0870. The molecule has 3 aromatic carbocycles. The Balaban J connectivity index is 1.59. The molecule has 166 valence electrons. The summed E-state index contributed by atoms with van der Waals surface area (Å²) in [5.41, 5.74) is 1.97. The molecule has 1 N–H and O–H groups in total. The molecule has 0 fully saturated rings. The molecule has 0 atom stereocenters. The summed E-state index contributed by atoms with van der Waals surface area (Å²) in [5, 5.41) is 22.5. The molecule has 0 aliphatic carbocycles. The highest BCUT2D eigenvalue weighted by molar-refractivity contribution is 7.99. The van der Waals surface area contributed by atoms with Gasteiger partial charge in [-0.15, -0.1) is 10.2 Å². The summed E-state index contributed by atoms with van der Waals surface area (Å²) in [5.74, 6) is -0.502. The van der Waals surface area contributed by atoms with Crippen molar-refractivity contribution in [3.63, 3.8) is 0 Å². The second-order valence-electron chi connectivity index (χ2n) is 7.05. The van der Waals surface area contributed by atoms with E-state index >= 15 is 0 Å². The number of thioether (sulfide) groups is 1. The highest BCUT2D eigenvalue weighted by Gasteiger charge is 2.20. The molecule has 1 amide bonds. The maximum Gasteiger partial charge on any atom is 0.271 e. The van der Waals surface area contributed by atoms with Gasteiger partial charge in [-0.25, -0.2) is 4.39 Å². The molecule has 0 radical (unpaired) electrons. The third kappa shape index (κ3) is 4.90. The molecular formula is C23H18FN5O3S. The molecule has 8 nitrogen and oxygen atoms in total. The van der Waals surface area contributed by atoms with E-state index in [0.29, 0.717) is 22.2 Å². The number of anilines is 1. The summed E-state index contributed by atoms with van der Waals surface area (Å²) in [6.45, 7) is 1.75. The minimum absolute atomic E-state index is 0.0234. The van der Waals surface area contributed by atoms with Crippen LogP contribution in [0.3, 0.4) is 0 Å². The van der Waals surface area contributed by atoms with Crippen molar-refractivity contribution in [1.82, 2.24) is 14.8 Å². The summed E-state index contributed by atoms with van der Waals surface area (Å²) >= 11 is 1.13. The number of amides is 1. The number of hydrogen-bond acceptors (Lipinski definition) is 6. The maximum atomic E-state index is 14.5. The molecule has 10 heteroatoms. The average molecular weight is 463 g/mol. The van der Waals surface area contributed by atoms with Crippen LogP contribution >= 0.6 is 11.8 Å². The Kier molecular flexibility index (Phi) is 6.45. The summed E-state index contributed by atoms with van der Waals surface area (Å²) in [4.78, 5) is 23.1. The standard InChI is InChI=1S/C23H18FN5O3S/c1-15-11-12-17(29(31)32)13-20(15)25-21(30)14-33-23-27-26-22(18-9-5-6-10-19(18)24)28(23)16-7-3-2-4-8-16/h2-13H,14H2,1H3,(H,25,30). The minimum Gasteiger partial charge on any atom is -0.325 e. The van der Waals surface area contributed by atoms with Gasteiger partial charge in [-0.2, -0.15) is 0 Å². The highest BCUT2D eigenvalue weighted by Crippen LogP contribution is 2.29. The van der Waals surface area contributed by atoms with Crippen LogP contribution in [0.2, 0.25) is 0 Å². The van der Waals surface area contributed by atoms with Gasteiger partial charge in [0, 0.05) is 17.8 Å². The Labute approximate surface area is 192 Å². The van der Waals surface area contributed by atoms with Crippen molar-refractivity contribution in [3.8, 4) is 17.1 Å². The number of nitro groups is 1. The Hall–Kier alpha value is -4.05. The van der Waals surface area contributed by atoms with Crippen LogP contribution in [0.1, 0.15) is 5.56 Å². The van der Waals surface area contributed by atoms with E-state index in [9.17, 15) is 19.3 Å². The van der Waals surface area contributed by atoms with Gasteiger partial charge in [0.15, 0.2) is 11.0 Å². The first-order valence-corrected chi connectivity index (χ1v) is 10.9. The van der Waals surface area contributed by atoms with Crippen molar-refractivity contribution in [2.75, 3.05) is 11.1 Å². The van der Waals surface area contributed by atoms with E-state index in [1.54, 1.807) is 35.8 Å². The van der Waals surface area contributed by atoms with Crippen molar-refractivity contribution in [3.05, 3.63) is 94.3 Å². The SMILES string of the molecule is Cc1ccc([N+](=O)[O-])cc1NC(=O)CSc1nnc(-c2ccccc2F)n1-c1ccccc1. The fourth-order valence-electron chi connectivity index (χ4n) is 3.16. The number of hydrogen-bond donors (Lipinski definition) is 1. The minimum atomic E-state index is -0.517. The molecule has 0 bridgehead atoms. The lowest BCUT2D eigenvalue weighted by Crippen LogP contribution is -2.15.